The molecular weight excluding hydrogens is 534 g/mol. The van der Waals surface area contributed by atoms with Crippen LogP contribution in [-0.4, -0.2) is 31.8 Å². The van der Waals surface area contributed by atoms with Crippen LogP contribution in [0.15, 0.2) is 72.8 Å². The first-order chi connectivity index (χ1) is 21.1. The lowest BCUT2D eigenvalue weighted by Crippen LogP contribution is -2.05. The minimum absolute atomic E-state index is 0.0280. The Hall–Kier alpha value is -4.45. The monoisotopic (exact) mass is 573 g/mol. The number of hydrogen-bond acceptors (Lipinski definition) is 6. The molecule has 43 heavy (non-hydrogen) atoms. The van der Waals surface area contributed by atoms with E-state index in [2.05, 4.69) is 60.4 Å². The normalized spacial score (nSPS) is 11.7. The molecule has 1 heterocycles. The highest BCUT2D eigenvalue weighted by atomic mass is 16.5. The molecule has 0 aliphatic rings. The second-order valence-corrected chi connectivity index (χ2v) is 11.5. The van der Waals surface area contributed by atoms with Crippen molar-refractivity contribution in [3.8, 4) is 40.3 Å². The highest BCUT2D eigenvalue weighted by Crippen LogP contribution is 2.39. The Bertz CT molecular complexity index is 1820. The van der Waals surface area contributed by atoms with Gasteiger partial charge in [-0.25, -0.2) is 4.98 Å². The molecule has 6 rings (SSSR count). The second kappa shape index (κ2) is 13.2. The summed E-state index contributed by atoms with van der Waals surface area (Å²) in [6, 6.07) is 23.8. The molecule has 6 aromatic rings. The smallest absolute Gasteiger partial charge is 0.320 e. The third kappa shape index (κ3) is 6.34. The molecule has 0 spiro atoms. The van der Waals surface area contributed by atoms with Gasteiger partial charge in [0, 0.05) is 11.6 Å². The molecule has 6 nitrogen and oxygen atoms in total. The lowest BCUT2D eigenvalue weighted by atomic mass is 9.92. The van der Waals surface area contributed by atoms with Crippen LogP contribution in [0.3, 0.4) is 0 Å². The van der Waals surface area contributed by atoms with Crippen LogP contribution < -0.4 is 4.74 Å². The standard InChI is InChI=1S/C37H39N3O3/c1-2-3-4-5-6-7-8-9-10-11-23-43-37-39-35(38-36(40-37)31-22-19-28(41)24-32(31)42)30-21-18-27-16-15-25-13-12-14-26-17-20-29(30)34(27)33(25)26/h12-22,24,41-42H,2-11,23H2,1H3. The van der Waals surface area contributed by atoms with Crippen molar-refractivity contribution in [2.24, 2.45) is 0 Å². The molecule has 5 aromatic carbocycles. The highest BCUT2D eigenvalue weighted by Gasteiger charge is 2.18. The molecule has 6 heteroatoms. The maximum absolute atomic E-state index is 10.6. The SMILES string of the molecule is CCCCCCCCCCCCOc1nc(-c2ccc(O)cc2O)nc(-c2ccc3ccc4cccc5ccc2c3c45)n1. The van der Waals surface area contributed by atoms with Crippen LogP contribution in [0.4, 0.5) is 0 Å². The molecule has 1 aromatic heterocycles. The van der Waals surface area contributed by atoms with Crippen LogP contribution >= 0.6 is 0 Å². The number of hydrogen-bond donors (Lipinski definition) is 2. The summed E-state index contributed by atoms with van der Waals surface area (Å²) < 4.78 is 6.10. The first-order valence-corrected chi connectivity index (χ1v) is 15.7. The van der Waals surface area contributed by atoms with E-state index < -0.39 is 0 Å². The Labute approximate surface area is 252 Å². The van der Waals surface area contributed by atoms with Crippen molar-refractivity contribution in [1.29, 1.82) is 0 Å². The van der Waals surface area contributed by atoms with Gasteiger partial charge in [0.2, 0.25) is 0 Å². The van der Waals surface area contributed by atoms with E-state index in [9.17, 15) is 10.2 Å². The Balaban J connectivity index is 1.26. The second-order valence-electron chi connectivity index (χ2n) is 11.5. The van der Waals surface area contributed by atoms with E-state index in [1.807, 2.05) is 6.07 Å². The zero-order valence-electron chi connectivity index (χ0n) is 24.9. The predicted octanol–water partition coefficient (Wildman–Crippen LogP) is 9.81. The maximum atomic E-state index is 10.6. The zero-order valence-corrected chi connectivity index (χ0v) is 24.9. The van der Waals surface area contributed by atoms with E-state index in [-0.39, 0.29) is 17.5 Å². The summed E-state index contributed by atoms with van der Waals surface area (Å²) in [5, 5.41) is 27.5. The summed E-state index contributed by atoms with van der Waals surface area (Å²) in [5.74, 6) is 0.646. The van der Waals surface area contributed by atoms with Crippen molar-refractivity contribution in [1.82, 2.24) is 15.0 Å². The molecule has 0 saturated carbocycles. The van der Waals surface area contributed by atoms with Gasteiger partial charge in [0.05, 0.1) is 12.2 Å². The van der Waals surface area contributed by atoms with Crippen molar-refractivity contribution in [2.75, 3.05) is 6.61 Å². The summed E-state index contributed by atoms with van der Waals surface area (Å²) >= 11 is 0. The van der Waals surface area contributed by atoms with Gasteiger partial charge in [-0.2, -0.15) is 9.97 Å². The fourth-order valence-corrected chi connectivity index (χ4v) is 6.05. The molecule has 0 atom stereocenters. The number of unbranched alkanes of at least 4 members (excludes halogenated alkanes) is 9. The lowest BCUT2D eigenvalue weighted by Gasteiger charge is -2.14. The predicted molar refractivity (Wildman–Crippen MR) is 175 cm³/mol. The Morgan fingerprint density at radius 1 is 0.581 bits per heavy atom. The van der Waals surface area contributed by atoms with Gasteiger partial charge in [-0.1, -0.05) is 113 Å². The number of phenolic OH excluding ortho intramolecular Hbond substituents is 2. The fourth-order valence-electron chi connectivity index (χ4n) is 6.05. The molecule has 0 amide bonds. The summed E-state index contributed by atoms with van der Waals surface area (Å²) in [5.41, 5.74) is 1.28. The van der Waals surface area contributed by atoms with Gasteiger partial charge in [0.1, 0.15) is 11.5 Å². The molecule has 220 valence electrons. The summed E-state index contributed by atoms with van der Waals surface area (Å²) in [6.07, 6.45) is 12.5. The largest absolute Gasteiger partial charge is 0.508 e. The van der Waals surface area contributed by atoms with Crippen LogP contribution in [0.2, 0.25) is 0 Å². The van der Waals surface area contributed by atoms with Gasteiger partial charge in [-0.3, -0.25) is 0 Å². The number of ether oxygens (including phenoxy) is 1. The number of rotatable bonds is 14. The summed E-state index contributed by atoms with van der Waals surface area (Å²) in [4.78, 5) is 14.2. The average Bonchev–Trinajstić information content (AvgIpc) is 3.02. The van der Waals surface area contributed by atoms with Crippen LogP contribution in [0, 0.1) is 0 Å². The van der Waals surface area contributed by atoms with Gasteiger partial charge >= 0.3 is 6.01 Å². The van der Waals surface area contributed by atoms with Gasteiger partial charge in [-0.15, -0.1) is 0 Å². The zero-order chi connectivity index (χ0) is 29.6. The van der Waals surface area contributed by atoms with Crippen LogP contribution in [0.25, 0.3) is 55.1 Å². The molecule has 0 bridgehead atoms. The van der Waals surface area contributed by atoms with E-state index in [1.54, 1.807) is 6.07 Å². The van der Waals surface area contributed by atoms with Crippen LogP contribution in [0.1, 0.15) is 71.1 Å². The molecule has 2 N–H and O–H groups in total. The van der Waals surface area contributed by atoms with Crippen molar-refractivity contribution in [2.45, 2.75) is 71.1 Å². The van der Waals surface area contributed by atoms with Crippen molar-refractivity contribution in [3.05, 3.63) is 72.8 Å². The van der Waals surface area contributed by atoms with E-state index >= 15 is 0 Å². The molecule has 0 aliphatic carbocycles. The first-order valence-electron chi connectivity index (χ1n) is 15.7. The Morgan fingerprint density at radius 3 is 1.86 bits per heavy atom. The quantitative estimate of drug-likeness (QED) is 0.0996. The first kappa shape index (κ1) is 28.7. The topological polar surface area (TPSA) is 88.4 Å². The third-order valence-corrected chi connectivity index (χ3v) is 8.34. The van der Waals surface area contributed by atoms with E-state index in [0.717, 1.165) is 29.2 Å². The number of nitrogens with zero attached hydrogens (tertiary/aromatic N) is 3. The molecular formula is C37H39N3O3. The van der Waals surface area contributed by atoms with Gasteiger partial charge < -0.3 is 14.9 Å². The number of phenols is 2. The van der Waals surface area contributed by atoms with Crippen molar-refractivity contribution >= 4 is 32.3 Å². The molecule has 0 fully saturated rings. The van der Waals surface area contributed by atoms with Crippen molar-refractivity contribution < 1.29 is 14.9 Å². The van der Waals surface area contributed by atoms with Crippen LogP contribution in [-0.2, 0) is 0 Å². The minimum atomic E-state index is -0.104. The number of benzene rings is 5. The molecule has 0 aliphatic heterocycles. The summed E-state index contributed by atoms with van der Waals surface area (Å²) in [6.45, 7) is 2.77. The Morgan fingerprint density at radius 2 is 1.16 bits per heavy atom. The lowest BCUT2D eigenvalue weighted by molar-refractivity contribution is 0.281. The number of aromatic hydroxyl groups is 2. The van der Waals surface area contributed by atoms with E-state index in [0.29, 0.717) is 23.8 Å². The minimum Gasteiger partial charge on any atom is -0.508 e. The van der Waals surface area contributed by atoms with Gasteiger partial charge in [-0.05, 0) is 56.9 Å². The van der Waals surface area contributed by atoms with Gasteiger partial charge in [0.25, 0.3) is 0 Å². The van der Waals surface area contributed by atoms with E-state index in [4.69, 9.17) is 14.7 Å². The molecule has 0 unspecified atom stereocenters. The number of aromatic nitrogens is 3. The third-order valence-electron chi connectivity index (χ3n) is 8.34. The van der Waals surface area contributed by atoms with Crippen molar-refractivity contribution in [3.63, 3.8) is 0 Å². The summed E-state index contributed by atoms with van der Waals surface area (Å²) in [7, 11) is 0. The molecule has 0 saturated heterocycles. The average molecular weight is 574 g/mol. The fraction of sp³-hybridized carbons (Fsp3) is 0.324. The Kier molecular flexibility index (Phi) is 8.83. The van der Waals surface area contributed by atoms with Gasteiger partial charge in [0.15, 0.2) is 11.6 Å². The molecule has 0 radical (unpaired) electrons. The highest BCUT2D eigenvalue weighted by molar-refractivity contribution is 6.25. The van der Waals surface area contributed by atoms with Crippen LogP contribution in [0.5, 0.6) is 17.5 Å². The van der Waals surface area contributed by atoms with E-state index in [1.165, 1.54) is 85.0 Å². The maximum Gasteiger partial charge on any atom is 0.320 e.